The highest BCUT2D eigenvalue weighted by Crippen LogP contribution is 2.39. The van der Waals surface area contributed by atoms with Crippen molar-refractivity contribution < 1.29 is 8.42 Å². The zero-order valence-corrected chi connectivity index (χ0v) is 24.0. The average Bonchev–Trinajstić information content (AvgIpc) is 3.11. The van der Waals surface area contributed by atoms with Gasteiger partial charge in [0.2, 0.25) is 0 Å². The summed E-state index contributed by atoms with van der Waals surface area (Å²) in [7, 11) is -1.23. The lowest BCUT2D eigenvalue weighted by molar-refractivity contribution is 0.342. The average molecular weight is 554 g/mol. The topological polar surface area (TPSA) is 106 Å². The maximum Gasteiger partial charge on any atom is 0.166 e. The summed E-state index contributed by atoms with van der Waals surface area (Å²) < 4.78 is 25.3. The van der Waals surface area contributed by atoms with Gasteiger partial charge in [0.05, 0.1) is 17.0 Å². The third kappa shape index (κ3) is 4.94. The Labute approximate surface area is 228 Å². The number of nitrogens with zero attached hydrogens (tertiary/aromatic N) is 6. The predicted octanol–water partition coefficient (Wildman–Crippen LogP) is 5.12. The van der Waals surface area contributed by atoms with Crippen molar-refractivity contribution in [3.8, 4) is 11.4 Å². The summed E-state index contributed by atoms with van der Waals surface area (Å²) in [6, 6.07) is 8.28. The maximum absolute atomic E-state index is 11.8. The normalized spacial score (nSPS) is 17.7. The molecule has 4 heterocycles. The van der Waals surface area contributed by atoms with Crippen molar-refractivity contribution in [2.24, 2.45) is 13.0 Å². The number of anilines is 3. The van der Waals surface area contributed by atoms with Gasteiger partial charge in [0.25, 0.3) is 0 Å². The molecule has 1 saturated heterocycles. The molecule has 3 aromatic heterocycles. The molecule has 4 aromatic rings. The van der Waals surface area contributed by atoms with Gasteiger partial charge in [0.15, 0.2) is 5.82 Å². The van der Waals surface area contributed by atoms with Gasteiger partial charge in [-0.2, -0.15) is 5.10 Å². The molecule has 2 atom stereocenters. The Balaban J connectivity index is 1.48. The molecular formula is C27H32ClN7O2S. The zero-order chi connectivity index (χ0) is 27.4. The van der Waals surface area contributed by atoms with Gasteiger partial charge in [-0.1, -0.05) is 31.5 Å². The fourth-order valence-electron chi connectivity index (χ4n) is 5.22. The van der Waals surface area contributed by atoms with Gasteiger partial charge in [-0.25, -0.2) is 23.4 Å². The van der Waals surface area contributed by atoms with Crippen LogP contribution in [0.3, 0.4) is 0 Å². The van der Waals surface area contributed by atoms with Crippen LogP contribution in [0.4, 0.5) is 17.3 Å². The van der Waals surface area contributed by atoms with Crippen LogP contribution in [-0.4, -0.2) is 57.7 Å². The Morgan fingerprint density at radius 3 is 2.55 bits per heavy atom. The minimum absolute atomic E-state index is 0.127. The summed E-state index contributed by atoms with van der Waals surface area (Å²) in [5, 5.41) is 10.3. The number of rotatable bonds is 7. The van der Waals surface area contributed by atoms with Gasteiger partial charge in [-0.15, -0.1) is 0 Å². The molecule has 11 heteroatoms. The van der Waals surface area contributed by atoms with E-state index in [1.54, 1.807) is 24.0 Å². The van der Waals surface area contributed by atoms with Crippen LogP contribution in [-0.2, 0) is 16.9 Å². The number of aromatic nitrogens is 5. The molecule has 200 valence electrons. The van der Waals surface area contributed by atoms with E-state index >= 15 is 0 Å². The number of halogens is 1. The van der Waals surface area contributed by atoms with E-state index in [2.05, 4.69) is 64.3 Å². The molecule has 1 aromatic carbocycles. The van der Waals surface area contributed by atoms with Crippen LogP contribution >= 0.6 is 11.6 Å². The van der Waals surface area contributed by atoms with Crippen molar-refractivity contribution in [1.82, 2.24) is 24.7 Å². The van der Waals surface area contributed by atoms with Crippen molar-refractivity contribution in [1.29, 1.82) is 0 Å². The van der Waals surface area contributed by atoms with Crippen LogP contribution in [0.5, 0.6) is 0 Å². The summed E-state index contributed by atoms with van der Waals surface area (Å²) in [6.45, 7) is 9.03. The first-order valence-corrected chi connectivity index (χ1v) is 15.0. The molecule has 1 N–H and O–H groups in total. The van der Waals surface area contributed by atoms with E-state index in [0.717, 1.165) is 22.2 Å². The first kappa shape index (κ1) is 26.4. The fraction of sp³-hybridized carbons (Fsp3) is 0.407. The third-order valence-electron chi connectivity index (χ3n) is 7.25. The second-order valence-corrected chi connectivity index (χ2v) is 13.0. The minimum Gasteiger partial charge on any atom is -0.368 e. The lowest BCUT2D eigenvalue weighted by Gasteiger charge is -2.48. The third-order valence-corrected chi connectivity index (χ3v) is 8.72. The predicted molar refractivity (Wildman–Crippen MR) is 153 cm³/mol. The van der Waals surface area contributed by atoms with Crippen LogP contribution in [0, 0.1) is 12.8 Å². The van der Waals surface area contributed by atoms with Crippen molar-refractivity contribution >= 4 is 49.5 Å². The van der Waals surface area contributed by atoms with Gasteiger partial charge < -0.3 is 10.2 Å². The minimum atomic E-state index is -3.01. The number of sulfone groups is 1. The lowest BCUT2D eigenvalue weighted by Crippen LogP contribution is -2.57. The Morgan fingerprint density at radius 1 is 1.16 bits per heavy atom. The van der Waals surface area contributed by atoms with Gasteiger partial charge in [0.1, 0.15) is 26.6 Å². The van der Waals surface area contributed by atoms with E-state index in [9.17, 15) is 8.42 Å². The molecule has 0 radical (unpaired) electrons. The molecule has 1 fully saturated rings. The highest BCUT2D eigenvalue weighted by Gasteiger charge is 2.38. The molecule has 38 heavy (non-hydrogen) atoms. The Kier molecular flexibility index (Phi) is 6.81. The monoisotopic (exact) mass is 553 g/mol. The van der Waals surface area contributed by atoms with Crippen LogP contribution in [0.1, 0.15) is 37.9 Å². The van der Waals surface area contributed by atoms with Crippen molar-refractivity contribution in [2.45, 2.75) is 39.7 Å². The molecular weight excluding hydrogens is 522 g/mol. The standard InChI is InChI=1S/C27H32ClN7O2S/c1-15(2)19-7-8-22(35-13-18(17(35)4)14-38(6,36)37)21-12-30-24(11-20(19)21)31-23-9-10-29-27(32-23)25-16(3)33-34(5)26(25)28/h7-12,15,17-18H,13-14H2,1-6H3,(H,29,30,31,32)/t17-,18-/m1/s1. The number of hydrogen-bond acceptors (Lipinski definition) is 8. The Morgan fingerprint density at radius 2 is 1.92 bits per heavy atom. The molecule has 0 spiro atoms. The summed E-state index contributed by atoms with van der Waals surface area (Å²) >= 11 is 6.44. The SMILES string of the molecule is Cc1nn(C)c(Cl)c1-c1nccc(Nc2cc3c(C(C)C)ccc(N4C[C@H](CS(C)(=O)=O)[C@H]4C)c3cn2)n1. The lowest BCUT2D eigenvalue weighted by atomic mass is 9.88. The number of benzene rings is 1. The summed E-state index contributed by atoms with van der Waals surface area (Å²) in [4.78, 5) is 16.1. The molecule has 0 saturated carbocycles. The molecule has 0 unspecified atom stereocenters. The zero-order valence-electron chi connectivity index (χ0n) is 22.4. The molecule has 1 aliphatic heterocycles. The largest absolute Gasteiger partial charge is 0.368 e. The van der Waals surface area contributed by atoms with E-state index in [-0.39, 0.29) is 17.7 Å². The number of hydrogen-bond donors (Lipinski definition) is 1. The van der Waals surface area contributed by atoms with Gasteiger partial charge in [-0.3, -0.25) is 4.68 Å². The Bertz CT molecular complexity index is 1630. The summed E-state index contributed by atoms with van der Waals surface area (Å²) in [6.07, 6.45) is 4.88. The Hall–Kier alpha value is -3.24. The van der Waals surface area contributed by atoms with Gasteiger partial charge in [-0.05, 0) is 48.9 Å². The van der Waals surface area contributed by atoms with Crippen LogP contribution in [0.2, 0.25) is 5.15 Å². The first-order valence-electron chi connectivity index (χ1n) is 12.6. The van der Waals surface area contributed by atoms with Gasteiger partial charge in [0, 0.05) is 55.3 Å². The van der Waals surface area contributed by atoms with Gasteiger partial charge >= 0.3 is 0 Å². The fourth-order valence-corrected chi connectivity index (χ4v) is 6.64. The molecule has 1 aliphatic rings. The van der Waals surface area contributed by atoms with Crippen molar-refractivity contribution in [3.63, 3.8) is 0 Å². The van der Waals surface area contributed by atoms with Crippen LogP contribution in [0.25, 0.3) is 22.2 Å². The number of aryl methyl sites for hydroxylation is 2. The highest BCUT2D eigenvalue weighted by atomic mass is 35.5. The van der Waals surface area contributed by atoms with E-state index in [1.807, 2.05) is 13.1 Å². The summed E-state index contributed by atoms with van der Waals surface area (Å²) in [5.74, 6) is 2.42. The quantitative estimate of drug-likeness (QED) is 0.336. The van der Waals surface area contributed by atoms with Crippen molar-refractivity contribution in [2.75, 3.05) is 28.8 Å². The summed E-state index contributed by atoms with van der Waals surface area (Å²) in [5.41, 5.74) is 3.75. The molecule has 9 nitrogen and oxygen atoms in total. The van der Waals surface area contributed by atoms with Crippen LogP contribution < -0.4 is 10.2 Å². The first-order chi connectivity index (χ1) is 17.9. The molecule has 5 rings (SSSR count). The van der Waals surface area contributed by atoms with E-state index in [0.29, 0.717) is 40.6 Å². The second kappa shape index (κ2) is 9.81. The van der Waals surface area contributed by atoms with Crippen LogP contribution in [0.15, 0.2) is 36.7 Å². The number of nitrogens with one attached hydrogen (secondary N) is 1. The van der Waals surface area contributed by atoms with Crippen molar-refractivity contribution in [3.05, 3.63) is 53.1 Å². The highest BCUT2D eigenvalue weighted by molar-refractivity contribution is 7.90. The molecule has 0 amide bonds. The van der Waals surface area contributed by atoms with E-state index in [1.165, 1.54) is 11.8 Å². The number of fused-ring (bicyclic) bond motifs is 1. The van der Waals surface area contributed by atoms with E-state index < -0.39 is 9.84 Å². The smallest absolute Gasteiger partial charge is 0.166 e. The van der Waals surface area contributed by atoms with E-state index in [4.69, 9.17) is 16.6 Å². The molecule has 0 bridgehead atoms. The second-order valence-electron chi connectivity index (χ2n) is 10.5. The maximum atomic E-state index is 11.8. The molecule has 0 aliphatic carbocycles. The number of pyridine rings is 1.